The lowest BCUT2D eigenvalue weighted by Gasteiger charge is -2.28. The molecule has 3 amide bonds. The lowest BCUT2D eigenvalue weighted by Crippen LogP contribution is -2.51. The highest BCUT2D eigenvalue weighted by Gasteiger charge is 2.35. The van der Waals surface area contributed by atoms with Crippen LogP contribution < -0.4 is 10.6 Å². The van der Waals surface area contributed by atoms with Gasteiger partial charge in [0.2, 0.25) is 11.9 Å². The molecule has 0 atom stereocenters. The first kappa shape index (κ1) is 23.5. The summed E-state index contributed by atoms with van der Waals surface area (Å²) in [5.41, 5.74) is 4.62. The minimum Gasteiger partial charge on any atom is -0.333 e. The van der Waals surface area contributed by atoms with E-state index in [1.807, 2.05) is 67.9 Å². The predicted molar refractivity (Wildman–Crippen MR) is 135 cm³/mol. The summed E-state index contributed by atoms with van der Waals surface area (Å²) >= 11 is 0. The van der Waals surface area contributed by atoms with E-state index in [2.05, 4.69) is 36.6 Å². The Morgan fingerprint density at radius 1 is 1.06 bits per heavy atom. The second-order valence-corrected chi connectivity index (χ2v) is 10.0. The van der Waals surface area contributed by atoms with E-state index in [-0.39, 0.29) is 30.1 Å². The average molecular weight is 460 g/mol. The van der Waals surface area contributed by atoms with E-state index in [1.54, 1.807) is 4.90 Å². The van der Waals surface area contributed by atoms with Crippen LogP contribution in [0.4, 0.5) is 10.7 Å². The summed E-state index contributed by atoms with van der Waals surface area (Å²) in [5.74, 6) is 0.158. The molecule has 0 unspecified atom stereocenters. The molecule has 7 nitrogen and oxygen atoms in total. The van der Waals surface area contributed by atoms with E-state index >= 15 is 0 Å². The van der Waals surface area contributed by atoms with Crippen molar-refractivity contribution in [1.29, 1.82) is 0 Å². The lowest BCUT2D eigenvalue weighted by atomic mass is 10.1. The van der Waals surface area contributed by atoms with Gasteiger partial charge in [-0.1, -0.05) is 36.4 Å². The molecule has 0 bridgehead atoms. The summed E-state index contributed by atoms with van der Waals surface area (Å²) in [7, 11) is 0. The normalized spacial score (nSPS) is 13.4. The van der Waals surface area contributed by atoms with Crippen molar-refractivity contribution in [3.8, 4) is 16.9 Å². The van der Waals surface area contributed by atoms with E-state index in [0.717, 1.165) is 35.3 Å². The molecule has 2 aromatic carbocycles. The number of hydrogen-bond donors (Lipinski definition) is 2. The number of rotatable bonds is 6. The summed E-state index contributed by atoms with van der Waals surface area (Å²) in [5, 5.41) is 5.93. The van der Waals surface area contributed by atoms with Crippen molar-refractivity contribution in [2.75, 3.05) is 11.9 Å². The third kappa shape index (κ3) is 5.65. The van der Waals surface area contributed by atoms with Gasteiger partial charge in [-0.2, -0.15) is 0 Å². The Morgan fingerprint density at radius 3 is 2.38 bits per heavy atom. The zero-order chi connectivity index (χ0) is 24.5. The maximum Gasteiger partial charge on any atom is 0.318 e. The molecule has 1 fully saturated rings. The fourth-order valence-corrected chi connectivity index (χ4v) is 3.75. The van der Waals surface area contributed by atoms with Crippen molar-refractivity contribution < 1.29 is 9.59 Å². The Labute approximate surface area is 201 Å². The van der Waals surface area contributed by atoms with Crippen molar-refractivity contribution in [1.82, 2.24) is 19.8 Å². The van der Waals surface area contributed by atoms with Crippen molar-refractivity contribution in [2.45, 2.75) is 59.0 Å². The number of carbonyl (C=O) groups is 2. The third-order valence-electron chi connectivity index (χ3n) is 5.84. The fourth-order valence-electron chi connectivity index (χ4n) is 3.75. The Hall–Kier alpha value is -3.61. The van der Waals surface area contributed by atoms with Gasteiger partial charge in [-0.05, 0) is 70.7 Å². The van der Waals surface area contributed by atoms with Crippen LogP contribution in [0.25, 0.3) is 16.9 Å². The smallest absolute Gasteiger partial charge is 0.318 e. The van der Waals surface area contributed by atoms with E-state index in [1.165, 1.54) is 5.56 Å². The van der Waals surface area contributed by atoms with Gasteiger partial charge in [-0.15, -0.1) is 0 Å². The minimum atomic E-state index is -0.370. The first-order valence-electron chi connectivity index (χ1n) is 11.7. The number of imidazole rings is 1. The lowest BCUT2D eigenvalue weighted by molar-refractivity contribution is -0.117. The highest BCUT2D eigenvalue weighted by Crippen LogP contribution is 2.28. The molecule has 1 aromatic heterocycles. The second kappa shape index (κ2) is 9.33. The molecular weight excluding hydrogens is 426 g/mol. The standard InChI is InChI=1S/C27H33N5O2/c1-18-11-12-22(15-19(18)2)31-16-23(20-9-7-6-8-10-20)28-25(31)29-24(33)17-32(21-13-14-21)26(34)30-27(3,4)5/h6-12,15-16,21H,13-14,17H2,1-5H3,(H,30,34)(H,28,29,33). The Morgan fingerprint density at radius 2 is 1.76 bits per heavy atom. The van der Waals surface area contributed by atoms with Crippen LogP contribution in [0, 0.1) is 13.8 Å². The van der Waals surface area contributed by atoms with Gasteiger partial charge in [0.15, 0.2) is 0 Å². The van der Waals surface area contributed by atoms with Crippen LogP contribution >= 0.6 is 0 Å². The highest BCUT2D eigenvalue weighted by atomic mass is 16.2. The molecule has 0 saturated heterocycles. The molecule has 0 spiro atoms. The summed E-state index contributed by atoms with van der Waals surface area (Å²) in [6, 6.07) is 15.9. The number of urea groups is 1. The molecule has 2 N–H and O–H groups in total. The van der Waals surface area contributed by atoms with Crippen molar-refractivity contribution in [3.63, 3.8) is 0 Å². The number of nitrogens with one attached hydrogen (secondary N) is 2. The third-order valence-corrected chi connectivity index (χ3v) is 5.84. The topological polar surface area (TPSA) is 79.3 Å². The van der Waals surface area contributed by atoms with Gasteiger partial charge in [0.05, 0.1) is 5.69 Å². The summed E-state index contributed by atoms with van der Waals surface area (Å²) < 4.78 is 1.89. The van der Waals surface area contributed by atoms with Crippen LogP contribution in [0.5, 0.6) is 0 Å². The molecule has 0 radical (unpaired) electrons. The number of amides is 3. The summed E-state index contributed by atoms with van der Waals surface area (Å²) in [4.78, 5) is 32.2. The molecule has 1 saturated carbocycles. The Kier molecular flexibility index (Phi) is 6.46. The van der Waals surface area contributed by atoms with Crippen LogP contribution in [0.2, 0.25) is 0 Å². The number of hydrogen-bond acceptors (Lipinski definition) is 3. The molecule has 0 aliphatic heterocycles. The SMILES string of the molecule is Cc1ccc(-n2cc(-c3ccccc3)nc2NC(=O)CN(C(=O)NC(C)(C)C)C2CC2)cc1C. The van der Waals surface area contributed by atoms with Crippen molar-refractivity contribution >= 4 is 17.9 Å². The van der Waals surface area contributed by atoms with E-state index in [4.69, 9.17) is 4.98 Å². The summed E-state index contributed by atoms with van der Waals surface area (Å²) in [6.07, 6.45) is 3.76. The molecule has 3 aromatic rings. The molecule has 1 aliphatic carbocycles. The van der Waals surface area contributed by atoms with Gasteiger partial charge in [0.1, 0.15) is 6.54 Å². The number of nitrogens with zero attached hydrogens (tertiary/aromatic N) is 3. The van der Waals surface area contributed by atoms with Crippen molar-refractivity contribution in [2.24, 2.45) is 0 Å². The van der Waals surface area contributed by atoms with E-state index in [0.29, 0.717) is 5.95 Å². The predicted octanol–water partition coefficient (Wildman–Crippen LogP) is 5.07. The number of benzene rings is 2. The average Bonchev–Trinajstić information content (AvgIpc) is 3.53. The Balaban J connectivity index is 1.60. The molecule has 7 heteroatoms. The van der Waals surface area contributed by atoms with Crippen molar-refractivity contribution in [3.05, 3.63) is 65.9 Å². The largest absolute Gasteiger partial charge is 0.333 e. The molecule has 4 rings (SSSR count). The Bertz CT molecular complexity index is 1190. The number of carbonyl (C=O) groups excluding carboxylic acids is 2. The van der Waals surface area contributed by atoms with Crippen LogP contribution in [0.1, 0.15) is 44.7 Å². The van der Waals surface area contributed by atoms with E-state index in [9.17, 15) is 9.59 Å². The maximum absolute atomic E-state index is 13.1. The second-order valence-electron chi connectivity index (χ2n) is 10.0. The van der Waals surface area contributed by atoms with Crippen LogP contribution in [-0.2, 0) is 4.79 Å². The minimum absolute atomic E-state index is 0.0208. The molecular formula is C27H33N5O2. The van der Waals surface area contributed by atoms with Gasteiger partial charge in [-0.25, -0.2) is 9.78 Å². The zero-order valence-electron chi connectivity index (χ0n) is 20.6. The highest BCUT2D eigenvalue weighted by molar-refractivity contribution is 5.94. The maximum atomic E-state index is 13.1. The van der Waals surface area contributed by atoms with E-state index < -0.39 is 0 Å². The monoisotopic (exact) mass is 459 g/mol. The van der Waals surface area contributed by atoms with Crippen LogP contribution in [-0.4, -0.2) is 44.5 Å². The quantitative estimate of drug-likeness (QED) is 0.540. The molecule has 1 aliphatic rings. The van der Waals surface area contributed by atoms with Gasteiger partial charge in [0.25, 0.3) is 0 Å². The van der Waals surface area contributed by atoms with Gasteiger partial charge < -0.3 is 10.2 Å². The number of aryl methyl sites for hydroxylation is 2. The van der Waals surface area contributed by atoms with Gasteiger partial charge in [0, 0.05) is 29.0 Å². The fraction of sp³-hybridized carbons (Fsp3) is 0.370. The first-order chi connectivity index (χ1) is 16.1. The summed E-state index contributed by atoms with van der Waals surface area (Å²) in [6.45, 7) is 9.91. The van der Waals surface area contributed by atoms with Gasteiger partial charge in [-0.3, -0.25) is 14.7 Å². The van der Waals surface area contributed by atoms with Gasteiger partial charge >= 0.3 is 6.03 Å². The zero-order valence-corrected chi connectivity index (χ0v) is 20.6. The van der Waals surface area contributed by atoms with Crippen LogP contribution in [0.15, 0.2) is 54.7 Å². The number of anilines is 1. The van der Waals surface area contributed by atoms with Crippen LogP contribution in [0.3, 0.4) is 0 Å². The molecule has 1 heterocycles. The first-order valence-corrected chi connectivity index (χ1v) is 11.7. The molecule has 178 valence electrons. The molecule has 34 heavy (non-hydrogen) atoms. The number of aromatic nitrogens is 2.